The van der Waals surface area contributed by atoms with Crippen LogP contribution in [0.4, 0.5) is 10.1 Å². The van der Waals surface area contributed by atoms with Crippen molar-refractivity contribution in [1.29, 1.82) is 0 Å². The monoisotopic (exact) mass is 470 g/mol. The molecule has 0 saturated carbocycles. The normalized spacial score (nSPS) is 11.0. The van der Waals surface area contributed by atoms with E-state index in [4.69, 9.17) is 4.74 Å². The summed E-state index contributed by atoms with van der Waals surface area (Å²) in [5.74, 6) is -1.69. The molecule has 0 aliphatic rings. The van der Waals surface area contributed by atoms with Crippen molar-refractivity contribution >= 4 is 27.6 Å². The van der Waals surface area contributed by atoms with Gasteiger partial charge in [0.25, 0.3) is 15.9 Å². The fourth-order valence-corrected chi connectivity index (χ4v) is 4.11. The molecule has 3 aromatic carbocycles. The molecule has 172 valence electrons. The van der Waals surface area contributed by atoms with Crippen LogP contribution in [-0.4, -0.2) is 33.9 Å². The summed E-state index contributed by atoms with van der Waals surface area (Å²) >= 11 is 0. The maximum absolute atomic E-state index is 13.6. The molecule has 0 atom stereocenters. The van der Waals surface area contributed by atoms with Crippen LogP contribution in [0.3, 0.4) is 0 Å². The molecule has 3 rings (SSSR count). The average molecular weight is 471 g/mol. The Balaban J connectivity index is 1.55. The van der Waals surface area contributed by atoms with Gasteiger partial charge in [-0.05, 0) is 60.5 Å². The number of amides is 1. The number of nitrogens with zero attached hydrogens (tertiary/aromatic N) is 1. The van der Waals surface area contributed by atoms with E-state index in [1.165, 1.54) is 37.4 Å². The first kappa shape index (κ1) is 23.9. The molecule has 0 saturated heterocycles. The Morgan fingerprint density at radius 1 is 1.00 bits per heavy atom. The van der Waals surface area contributed by atoms with Gasteiger partial charge in [0, 0.05) is 13.6 Å². The summed E-state index contributed by atoms with van der Waals surface area (Å²) in [6.07, 6.45) is 0. The highest BCUT2D eigenvalue weighted by molar-refractivity contribution is 7.92. The summed E-state index contributed by atoms with van der Waals surface area (Å²) in [7, 11) is -2.37. The number of aryl methyl sites for hydroxylation is 1. The molecule has 3 aromatic rings. The van der Waals surface area contributed by atoms with Crippen molar-refractivity contribution in [2.24, 2.45) is 0 Å². The van der Waals surface area contributed by atoms with Gasteiger partial charge in [0.05, 0.1) is 16.1 Å². The van der Waals surface area contributed by atoms with Gasteiger partial charge in [0.1, 0.15) is 5.82 Å². The minimum Gasteiger partial charge on any atom is -0.452 e. The summed E-state index contributed by atoms with van der Waals surface area (Å²) in [5.41, 5.74) is 1.68. The van der Waals surface area contributed by atoms with Gasteiger partial charge in [-0.1, -0.05) is 30.3 Å². The first-order valence-electron chi connectivity index (χ1n) is 10.0. The average Bonchev–Trinajstić information content (AvgIpc) is 2.83. The van der Waals surface area contributed by atoms with E-state index in [1.807, 2.05) is 0 Å². The molecule has 0 aromatic heterocycles. The Morgan fingerprint density at radius 2 is 1.67 bits per heavy atom. The molecule has 0 heterocycles. The predicted octanol–water partition coefficient (Wildman–Crippen LogP) is 3.43. The van der Waals surface area contributed by atoms with Gasteiger partial charge in [-0.2, -0.15) is 0 Å². The van der Waals surface area contributed by atoms with Gasteiger partial charge in [-0.3, -0.25) is 9.10 Å². The van der Waals surface area contributed by atoms with E-state index in [0.717, 1.165) is 4.31 Å². The highest BCUT2D eigenvalue weighted by atomic mass is 32.2. The minimum absolute atomic E-state index is 0.00785. The first-order chi connectivity index (χ1) is 15.7. The van der Waals surface area contributed by atoms with Crippen molar-refractivity contribution < 1.29 is 27.1 Å². The number of rotatable bonds is 8. The summed E-state index contributed by atoms with van der Waals surface area (Å²) in [6.45, 7) is 1.21. The lowest BCUT2D eigenvalue weighted by Crippen LogP contribution is -2.28. The molecule has 0 unspecified atom stereocenters. The quantitative estimate of drug-likeness (QED) is 0.509. The van der Waals surface area contributed by atoms with Crippen molar-refractivity contribution in [2.75, 3.05) is 18.0 Å². The lowest BCUT2D eigenvalue weighted by Gasteiger charge is -2.19. The predicted molar refractivity (Wildman–Crippen MR) is 122 cm³/mol. The topological polar surface area (TPSA) is 92.8 Å². The number of nitrogens with one attached hydrogen (secondary N) is 1. The third-order valence-electron chi connectivity index (χ3n) is 4.93. The Labute approximate surface area is 191 Å². The van der Waals surface area contributed by atoms with Gasteiger partial charge in [0.2, 0.25) is 0 Å². The molecule has 7 nitrogen and oxygen atoms in total. The molecular weight excluding hydrogens is 447 g/mol. The smallest absolute Gasteiger partial charge is 0.338 e. The Bertz CT molecular complexity index is 1250. The molecule has 0 aliphatic carbocycles. The number of hydrogen-bond acceptors (Lipinski definition) is 5. The number of esters is 1. The minimum atomic E-state index is -3.81. The van der Waals surface area contributed by atoms with Crippen LogP contribution < -0.4 is 9.62 Å². The summed E-state index contributed by atoms with van der Waals surface area (Å²) < 4.78 is 45.3. The van der Waals surface area contributed by atoms with Crippen LogP contribution in [0.5, 0.6) is 0 Å². The van der Waals surface area contributed by atoms with E-state index in [-0.39, 0.29) is 22.8 Å². The zero-order chi connectivity index (χ0) is 24.0. The Morgan fingerprint density at radius 3 is 2.30 bits per heavy atom. The number of hydrogen-bond donors (Lipinski definition) is 1. The van der Waals surface area contributed by atoms with Crippen LogP contribution in [0.2, 0.25) is 0 Å². The summed E-state index contributed by atoms with van der Waals surface area (Å²) in [5, 5.41) is 2.54. The lowest BCUT2D eigenvalue weighted by atomic mass is 10.1. The van der Waals surface area contributed by atoms with Gasteiger partial charge >= 0.3 is 5.97 Å². The van der Waals surface area contributed by atoms with E-state index < -0.39 is 28.5 Å². The summed E-state index contributed by atoms with van der Waals surface area (Å²) in [6, 6.07) is 18.5. The van der Waals surface area contributed by atoms with Crippen molar-refractivity contribution in [3.05, 3.63) is 95.3 Å². The van der Waals surface area contributed by atoms with Gasteiger partial charge in [-0.15, -0.1) is 0 Å². The number of carbonyl (C=O) groups excluding carboxylic acids is 2. The largest absolute Gasteiger partial charge is 0.452 e. The number of anilines is 1. The standard InChI is InChI=1S/C24H23FN2O5S/c1-17-8-9-18(14-22(17)25)15-26-23(28)16-32-24(29)19-10-12-21(13-11-19)33(30,31)27(2)20-6-4-3-5-7-20/h3-14H,15-16H2,1-2H3,(H,26,28). The molecule has 0 bridgehead atoms. The van der Waals surface area contributed by atoms with Crippen LogP contribution in [-0.2, 0) is 26.1 Å². The van der Waals surface area contributed by atoms with Crippen LogP contribution in [0.15, 0.2) is 77.7 Å². The van der Waals surface area contributed by atoms with Crippen LogP contribution in [0.1, 0.15) is 21.5 Å². The van der Waals surface area contributed by atoms with E-state index in [0.29, 0.717) is 16.8 Å². The molecule has 33 heavy (non-hydrogen) atoms. The van der Waals surface area contributed by atoms with E-state index in [1.54, 1.807) is 49.4 Å². The van der Waals surface area contributed by atoms with Crippen LogP contribution in [0, 0.1) is 12.7 Å². The first-order valence-corrected chi connectivity index (χ1v) is 11.5. The van der Waals surface area contributed by atoms with E-state index in [2.05, 4.69) is 5.32 Å². The summed E-state index contributed by atoms with van der Waals surface area (Å²) in [4.78, 5) is 24.2. The van der Waals surface area contributed by atoms with Crippen LogP contribution >= 0.6 is 0 Å². The number of benzene rings is 3. The zero-order valence-electron chi connectivity index (χ0n) is 18.1. The number of carbonyl (C=O) groups is 2. The lowest BCUT2D eigenvalue weighted by molar-refractivity contribution is -0.124. The van der Waals surface area contributed by atoms with Crippen LogP contribution in [0.25, 0.3) is 0 Å². The second kappa shape index (κ2) is 10.3. The second-order valence-corrected chi connectivity index (χ2v) is 9.24. The fourth-order valence-electron chi connectivity index (χ4n) is 2.91. The molecule has 1 N–H and O–H groups in total. The molecule has 0 fully saturated rings. The van der Waals surface area contributed by atoms with E-state index >= 15 is 0 Å². The molecule has 0 radical (unpaired) electrons. The SMILES string of the molecule is Cc1ccc(CNC(=O)COC(=O)c2ccc(S(=O)(=O)N(C)c3ccccc3)cc2)cc1F. The maximum atomic E-state index is 13.6. The van der Waals surface area contributed by atoms with Crippen molar-refractivity contribution in [1.82, 2.24) is 5.32 Å². The van der Waals surface area contributed by atoms with Crippen molar-refractivity contribution in [3.8, 4) is 0 Å². The number of halogens is 1. The van der Waals surface area contributed by atoms with Gasteiger partial charge in [0.15, 0.2) is 6.61 Å². The number of ether oxygens (including phenoxy) is 1. The molecular formula is C24H23FN2O5S. The molecule has 1 amide bonds. The Hall–Kier alpha value is -3.72. The fraction of sp³-hybridized carbons (Fsp3) is 0.167. The van der Waals surface area contributed by atoms with Crippen molar-refractivity contribution in [2.45, 2.75) is 18.4 Å². The van der Waals surface area contributed by atoms with Gasteiger partial charge < -0.3 is 10.1 Å². The second-order valence-electron chi connectivity index (χ2n) is 7.27. The highest BCUT2D eigenvalue weighted by Crippen LogP contribution is 2.22. The Kier molecular flexibility index (Phi) is 7.44. The highest BCUT2D eigenvalue weighted by Gasteiger charge is 2.21. The molecule has 0 spiro atoms. The number of sulfonamides is 1. The third-order valence-corrected chi connectivity index (χ3v) is 6.73. The van der Waals surface area contributed by atoms with Gasteiger partial charge in [-0.25, -0.2) is 17.6 Å². The van der Waals surface area contributed by atoms with E-state index in [9.17, 15) is 22.4 Å². The molecule has 9 heteroatoms. The third kappa shape index (κ3) is 5.95. The zero-order valence-corrected chi connectivity index (χ0v) is 18.9. The van der Waals surface area contributed by atoms with Crippen molar-refractivity contribution in [3.63, 3.8) is 0 Å². The maximum Gasteiger partial charge on any atom is 0.338 e. The molecule has 0 aliphatic heterocycles. The number of para-hydroxylation sites is 1.